The zero-order chi connectivity index (χ0) is 15.7. The summed E-state index contributed by atoms with van der Waals surface area (Å²) in [5.41, 5.74) is 4.35. The molecular formula is C17H18ClN3O. The highest BCUT2D eigenvalue weighted by molar-refractivity contribution is 6.31. The molecular weight excluding hydrogens is 298 g/mol. The van der Waals surface area contributed by atoms with E-state index in [-0.39, 0.29) is 5.75 Å². The summed E-state index contributed by atoms with van der Waals surface area (Å²) in [4.78, 5) is 1.47. The van der Waals surface area contributed by atoms with Gasteiger partial charge in [-0.3, -0.25) is 0 Å². The van der Waals surface area contributed by atoms with Gasteiger partial charge in [0.25, 0.3) is 0 Å². The van der Waals surface area contributed by atoms with Gasteiger partial charge in [-0.2, -0.15) is 0 Å². The minimum absolute atomic E-state index is 0.197. The molecule has 0 radical (unpaired) electrons. The monoisotopic (exact) mass is 315 g/mol. The van der Waals surface area contributed by atoms with Crippen LogP contribution in [0.2, 0.25) is 5.02 Å². The molecule has 1 N–H and O–H groups in total. The molecule has 0 aliphatic carbocycles. The molecule has 0 aliphatic rings. The van der Waals surface area contributed by atoms with Gasteiger partial charge in [0.2, 0.25) is 0 Å². The SMILES string of the molecule is CCCCc1cc(O)c(-n2nc3ccc(Cl)cc3n2)cc1C. The fourth-order valence-electron chi connectivity index (χ4n) is 2.52. The molecule has 0 amide bonds. The van der Waals surface area contributed by atoms with Crippen molar-refractivity contribution in [1.29, 1.82) is 0 Å². The lowest BCUT2D eigenvalue weighted by atomic mass is 10.0. The third-order valence-electron chi connectivity index (χ3n) is 3.79. The van der Waals surface area contributed by atoms with Crippen molar-refractivity contribution in [2.45, 2.75) is 33.1 Å². The van der Waals surface area contributed by atoms with Crippen molar-refractivity contribution >= 4 is 22.6 Å². The van der Waals surface area contributed by atoms with E-state index in [2.05, 4.69) is 17.1 Å². The summed E-state index contributed by atoms with van der Waals surface area (Å²) in [6, 6.07) is 9.12. The van der Waals surface area contributed by atoms with Crippen LogP contribution < -0.4 is 0 Å². The van der Waals surface area contributed by atoms with E-state index in [1.807, 2.05) is 25.1 Å². The number of benzene rings is 2. The molecule has 0 bridgehead atoms. The van der Waals surface area contributed by atoms with E-state index in [1.165, 1.54) is 10.4 Å². The minimum Gasteiger partial charge on any atom is -0.506 e. The van der Waals surface area contributed by atoms with Crippen LogP contribution in [0.1, 0.15) is 30.9 Å². The maximum Gasteiger partial charge on any atom is 0.143 e. The van der Waals surface area contributed by atoms with Crippen LogP contribution in [0.5, 0.6) is 5.75 Å². The van der Waals surface area contributed by atoms with Crippen molar-refractivity contribution in [2.75, 3.05) is 0 Å². The van der Waals surface area contributed by atoms with Crippen molar-refractivity contribution < 1.29 is 5.11 Å². The van der Waals surface area contributed by atoms with E-state index in [1.54, 1.807) is 12.1 Å². The standard InChI is InChI=1S/C17H18ClN3O/c1-3-4-5-12-9-17(22)16(8-11(12)2)21-19-14-7-6-13(18)10-15(14)20-21/h6-10,22H,3-5H2,1-2H3. The van der Waals surface area contributed by atoms with E-state index in [4.69, 9.17) is 11.6 Å². The first-order valence-electron chi connectivity index (χ1n) is 7.44. The van der Waals surface area contributed by atoms with Crippen LogP contribution in [-0.2, 0) is 6.42 Å². The van der Waals surface area contributed by atoms with Gasteiger partial charge in [-0.25, -0.2) is 0 Å². The number of hydrogen-bond donors (Lipinski definition) is 1. The third kappa shape index (κ3) is 2.79. The molecule has 0 spiro atoms. The molecule has 1 aromatic heterocycles. The van der Waals surface area contributed by atoms with E-state index in [0.29, 0.717) is 16.2 Å². The topological polar surface area (TPSA) is 50.9 Å². The molecule has 5 heteroatoms. The van der Waals surface area contributed by atoms with E-state index >= 15 is 0 Å². The largest absolute Gasteiger partial charge is 0.506 e. The number of unbranched alkanes of at least 4 members (excludes halogenated alkanes) is 1. The number of aryl methyl sites for hydroxylation is 2. The van der Waals surface area contributed by atoms with Crippen LogP contribution in [0.4, 0.5) is 0 Å². The highest BCUT2D eigenvalue weighted by atomic mass is 35.5. The van der Waals surface area contributed by atoms with Crippen LogP contribution in [-0.4, -0.2) is 20.1 Å². The predicted octanol–water partition coefficient (Wildman–Crippen LogP) is 4.43. The van der Waals surface area contributed by atoms with Crippen molar-refractivity contribution in [3.8, 4) is 11.4 Å². The molecule has 0 aliphatic heterocycles. The smallest absolute Gasteiger partial charge is 0.143 e. The summed E-state index contributed by atoms with van der Waals surface area (Å²) in [6.07, 6.45) is 3.22. The summed E-state index contributed by atoms with van der Waals surface area (Å²) in [7, 11) is 0. The first kappa shape index (κ1) is 14.9. The Morgan fingerprint density at radius 1 is 1.14 bits per heavy atom. The Morgan fingerprint density at radius 3 is 2.68 bits per heavy atom. The Bertz CT molecular complexity index is 826. The minimum atomic E-state index is 0.197. The lowest BCUT2D eigenvalue weighted by Gasteiger charge is -2.10. The Morgan fingerprint density at radius 2 is 1.91 bits per heavy atom. The van der Waals surface area contributed by atoms with Crippen LogP contribution >= 0.6 is 11.6 Å². The number of hydrogen-bond acceptors (Lipinski definition) is 3. The fourth-order valence-corrected chi connectivity index (χ4v) is 2.68. The first-order valence-corrected chi connectivity index (χ1v) is 7.81. The molecule has 3 aromatic rings. The number of fused-ring (bicyclic) bond motifs is 1. The van der Waals surface area contributed by atoms with Gasteiger partial charge >= 0.3 is 0 Å². The van der Waals surface area contributed by atoms with Gasteiger partial charge in [0.1, 0.15) is 22.5 Å². The second-order valence-electron chi connectivity index (χ2n) is 5.49. The molecule has 4 nitrogen and oxygen atoms in total. The maximum absolute atomic E-state index is 10.3. The van der Waals surface area contributed by atoms with Crippen LogP contribution in [0.15, 0.2) is 30.3 Å². The lowest BCUT2D eigenvalue weighted by molar-refractivity contribution is 0.466. The molecule has 1 heterocycles. The Balaban J connectivity index is 2.04. The Kier molecular flexibility index (Phi) is 4.03. The van der Waals surface area contributed by atoms with Crippen LogP contribution in [0, 0.1) is 6.92 Å². The highest BCUT2D eigenvalue weighted by Gasteiger charge is 2.12. The number of rotatable bonds is 4. The summed E-state index contributed by atoms with van der Waals surface area (Å²) in [5, 5.41) is 19.7. The number of nitrogens with zero attached hydrogens (tertiary/aromatic N) is 3. The molecule has 0 fully saturated rings. The number of phenolic OH excluding ortho intramolecular Hbond substituents is 1. The summed E-state index contributed by atoms with van der Waals surface area (Å²) in [6.45, 7) is 4.21. The van der Waals surface area contributed by atoms with E-state index < -0.39 is 0 Å². The van der Waals surface area contributed by atoms with E-state index in [0.717, 1.165) is 30.3 Å². The zero-order valence-electron chi connectivity index (χ0n) is 12.7. The Labute approximate surface area is 134 Å². The van der Waals surface area contributed by atoms with Gasteiger partial charge in [-0.15, -0.1) is 15.0 Å². The number of aromatic hydroxyl groups is 1. The van der Waals surface area contributed by atoms with Crippen molar-refractivity contribution in [2.24, 2.45) is 0 Å². The highest BCUT2D eigenvalue weighted by Crippen LogP contribution is 2.27. The quantitative estimate of drug-likeness (QED) is 0.774. The van der Waals surface area contributed by atoms with Crippen molar-refractivity contribution in [3.05, 3.63) is 46.5 Å². The zero-order valence-corrected chi connectivity index (χ0v) is 13.4. The first-order chi connectivity index (χ1) is 10.6. The predicted molar refractivity (Wildman–Crippen MR) is 88.9 cm³/mol. The average molecular weight is 316 g/mol. The van der Waals surface area contributed by atoms with E-state index in [9.17, 15) is 5.11 Å². The molecule has 3 rings (SSSR count). The molecule has 2 aromatic carbocycles. The van der Waals surface area contributed by atoms with Crippen molar-refractivity contribution in [3.63, 3.8) is 0 Å². The maximum atomic E-state index is 10.3. The van der Waals surface area contributed by atoms with Gasteiger partial charge in [0, 0.05) is 5.02 Å². The van der Waals surface area contributed by atoms with Gasteiger partial charge in [0.05, 0.1) is 0 Å². The van der Waals surface area contributed by atoms with Gasteiger partial charge in [-0.1, -0.05) is 24.9 Å². The van der Waals surface area contributed by atoms with Crippen LogP contribution in [0.3, 0.4) is 0 Å². The molecule has 0 saturated carbocycles. The van der Waals surface area contributed by atoms with Crippen LogP contribution in [0.25, 0.3) is 16.7 Å². The summed E-state index contributed by atoms with van der Waals surface area (Å²) in [5.74, 6) is 0.197. The second kappa shape index (κ2) is 5.97. The fraction of sp³-hybridized carbons (Fsp3) is 0.294. The molecule has 114 valence electrons. The lowest BCUT2D eigenvalue weighted by Crippen LogP contribution is -2.01. The number of phenols is 1. The Hall–Kier alpha value is -2.07. The average Bonchev–Trinajstić information content (AvgIpc) is 2.90. The van der Waals surface area contributed by atoms with Gasteiger partial charge in [0.15, 0.2) is 0 Å². The summed E-state index contributed by atoms with van der Waals surface area (Å²) >= 11 is 5.97. The second-order valence-corrected chi connectivity index (χ2v) is 5.93. The normalized spacial score (nSPS) is 11.2. The molecule has 0 unspecified atom stereocenters. The molecule has 22 heavy (non-hydrogen) atoms. The van der Waals surface area contributed by atoms with Gasteiger partial charge < -0.3 is 5.11 Å². The number of halogens is 1. The summed E-state index contributed by atoms with van der Waals surface area (Å²) < 4.78 is 0. The third-order valence-corrected chi connectivity index (χ3v) is 4.03. The number of aromatic nitrogens is 3. The van der Waals surface area contributed by atoms with Crippen molar-refractivity contribution in [1.82, 2.24) is 15.0 Å². The molecule has 0 saturated heterocycles. The molecule has 0 atom stereocenters. The van der Waals surface area contributed by atoms with Gasteiger partial charge in [-0.05, 0) is 61.2 Å².